The zero-order valence-electron chi connectivity index (χ0n) is 41.1. The maximum Gasteiger partial charge on any atom is 0.324 e. The Hall–Kier alpha value is -5.84. The van der Waals surface area contributed by atoms with Gasteiger partial charge in [0.05, 0.1) is 30.1 Å². The molecule has 0 unspecified atom stereocenters. The van der Waals surface area contributed by atoms with Gasteiger partial charge in [0.15, 0.2) is 0 Å². The van der Waals surface area contributed by atoms with Crippen molar-refractivity contribution in [3.63, 3.8) is 0 Å². The van der Waals surface area contributed by atoms with Crippen molar-refractivity contribution in [1.29, 1.82) is 0 Å². The molecule has 1 spiro atoms. The molecule has 5 aliphatic heterocycles. The maximum absolute atomic E-state index is 14.8. The van der Waals surface area contributed by atoms with E-state index in [0.29, 0.717) is 70.5 Å². The van der Waals surface area contributed by atoms with E-state index in [4.69, 9.17) is 14.5 Å². The van der Waals surface area contributed by atoms with Gasteiger partial charge in [-0.25, -0.2) is 5.43 Å². The number of piperidine rings is 1. The predicted molar refractivity (Wildman–Crippen MR) is 260 cm³/mol. The molecule has 4 N–H and O–H groups in total. The summed E-state index contributed by atoms with van der Waals surface area (Å²) in [5.74, 6) is -1.72. The molecule has 9 rings (SSSR count). The van der Waals surface area contributed by atoms with Crippen LogP contribution in [0.15, 0.2) is 54.7 Å². The molecule has 0 aliphatic carbocycles. The van der Waals surface area contributed by atoms with Crippen LogP contribution in [0, 0.1) is 16.7 Å². The van der Waals surface area contributed by atoms with Crippen molar-refractivity contribution in [3.8, 4) is 28.1 Å². The van der Waals surface area contributed by atoms with Gasteiger partial charge in [0, 0.05) is 92.7 Å². The van der Waals surface area contributed by atoms with Gasteiger partial charge in [-0.3, -0.25) is 34.0 Å². The van der Waals surface area contributed by atoms with E-state index >= 15 is 0 Å². The Morgan fingerprint density at radius 2 is 1.80 bits per heavy atom. The number of rotatable bonds is 9. The smallest absolute Gasteiger partial charge is 0.324 e. The number of aromatic hydroxyl groups is 1. The summed E-state index contributed by atoms with van der Waals surface area (Å²) in [4.78, 5) is 78.9. The molecule has 4 saturated heterocycles. The number of fused-ring (bicyclic) bond motifs is 6. The number of carbonyl (C=O) groups excluding carboxylic acids is 5. The van der Waals surface area contributed by atoms with Crippen molar-refractivity contribution < 1.29 is 38.6 Å². The number of nitrogens with zero attached hydrogens (tertiary/aromatic N) is 5. The summed E-state index contributed by atoms with van der Waals surface area (Å²) in [7, 11) is 1.68. The van der Waals surface area contributed by atoms with Crippen LogP contribution < -0.4 is 16.1 Å². The van der Waals surface area contributed by atoms with Gasteiger partial charge < -0.3 is 39.6 Å². The maximum atomic E-state index is 14.8. The van der Waals surface area contributed by atoms with Crippen molar-refractivity contribution in [2.24, 2.45) is 16.7 Å². The van der Waals surface area contributed by atoms with Crippen LogP contribution in [0.1, 0.15) is 96.6 Å². The zero-order chi connectivity index (χ0) is 48.9. The molecule has 0 saturated carbocycles. The Bertz CT molecular complexity index is 2660. The molecule has 0 radical (unpaired) electrons. The third-order valence-corrected chi connectivity index (χ3v) is 15.1. The number of esters is 1. The van der Waals surface area contributed by atoms with E-state index in [9.17, 15) is 29.1 Å². The highest BCUT2D eigenvalue weighted by Crippen LogP contribution is 2.44. The summed E-state index contributed by atoms with van der Waals surface area (Å²) in [6, 6.07) is 12.6. The minimum Gasteiger partial charge on any atom is -0.508 e. The lowest BCUT2D eigenvalue weighted by molar-refractivity contribution is -0.155. The minimum atomic E-state index is -1.14. The number of phenolic OH excluding ortho intramolecular Hbond substituents is 1. The van der Waals surface area contributed by atoms with Crippen LogP contribution in [0.4, 0.5) is 0 Å². The van der Waals surface area contributed by atoms with E-state index in [0.717, 1.165) is 51.0 Å². The summed E-state index contributed by atoms with van der Waals surface area (Å²) in [5, 5.41) is 20.0. The zero-order valence-corrected chi connectivity index (χ0v) is 41.1. The second kappa shape index (κ2) is 19.2. The minimum absolute atomic E-state index is 0.00337. The second-order valence-corrected chi connectivity index (χ2v) is 21.2. The third kappa shape index (κ3) is 9.72. The molecule has 2 aromatic heterocycles. The number of nitrogens with one attached hydrogen (secondary N) is 3. The highest BCUT2D eigenvalue weighted by atomic mass is 16.5. The van der Waals surface area contributed by atoms with Gasteiger partial charge in [-0.15, -0.1) is 0 Å². The van der Waals surface area contributed by atoms with Gasteiger partial charge in [-0.1, -0.05) is 39.8 Å². The number of amides is 4. The van der Waals surface area contributed by atoms with E-state index in [1.165, 1.54) is 5.01 Å². The lowest BCUT2D eigenvalue weighted by Crippen LogP contribution is -2.63. The number of benzene rings is 2. The van der Waals surface area contributed by atoms with Gasteiger partial charge in [0.25, 0.3) is 5.91 Å². The number of carbonyl (C=O) groups is 5. The lowest BCUT2D eigenvalue weighted by Gasteiger charge is -2.43. The van der Waals surface area contributed by atoms with Crippen LogP contribution in [0.5, 0.6) is 5.75 Å². The fourth-order valence-corrected chi connectivity index (χ4v) is 11.3. The van der Waals surface area contributed by atoms with Crippen LogP contribution in [0.25, 0.3) is 33.3 Å². The lowest BCUT2D eigenvalue weighted by atomic mass is 9.76. The number of aromatic nitrogens is 2. The van der Waals surface area contributed by atoms with Crippen LogP contribution in [-0.2, 0) is 52.8 Å². The first-order chi connectivity index (χ1) is 33.0. The van der Waals surface area contributed by atoms with Gasteiger partial charge >= 0.3 is 5.97 Å². The number of hydrogen-bond acceptors (Lipinski definition) is 11. The average Bonchev–Trinajstić information content (AvgIpc) is 4.04. The first-order valence-corrected chi connectivity index (χ1v) is 24.8. The highest BCUT2D eigenvalue weighted by Gasteiger charge is 2.49. The van der Waals surface area contributed by atoms with Gasteiger partial charge in [0.2, 0.25) is 17.7 Å². The number of methoxy groups -OCH3 is 1. The molecule has 4 amide bonds. The van der Waals surface area contributed by atoms with Crippen molar-refractivity contribution in [2.75, 3.05) is 46.4 Å². The molecule has 2 aromatic carbocycles. The number of ether oxygens (including phenoxy) is 2. The molecule has 6 atom stereocenters. The molecule has 7 heterocycles. The number of cyclic esters (lactones) is 1. The fourth-order valence-electron chi connectivity index (χ4n) is 11.3. The molecule has 4 fully saturated rings. The van der Waals surface area contributed by atoms with Gasteiger partial charge in [-0.2, -0.15) is 0 Å². The van der Waals surface area contributed by atoms with Crippen LogP contribution in [0.3, 0.4) is 0 Å². The van der Waals surface area contributed by atoms with Crippen molar-refractivity contribution >= 4 is 40.5 Å². The Balaban J connectivity index is 1.08. The predicted octanol–water partition coefficient (Wildman–Crippen LogP) is 5.29. The second-order valence-electron chi connectivity index (χ2n) is 21.2. The van der Waals surface area contributed by atoms with Crippen molar-refractivity contribution in [3.05, 3.63) is 71.5 Å². The topological polar surface area (TPSA) is 198 Å². The van der Waals surface area contributed by atoms with Crippen molar-refractivity contribution in [2.45, 2.75) is 123 Å². The van der Waals surface area contributed by atoms with E-state index < -0.39 is 41.3 Å². The quantitative estimate of drug-likeness (QED) is 0.126. The molecule has 5 aliphatic rings. The third-order valence-electron chi connectivity index (χ3n) is 15.1. The average molecular weight is 945 g/mol. The normalized spacial score (nSPS) is 24.9. The van der Waals surface area contributed by atoms with Gasteiger partial charge in [0.1, 0.15) is 23.9 Å². The monoisotopic (exact) mass is 945 g/mol. The Morgan fingerprint density at radius 3 is 2.52 bits per heavy atom. The summed E-state index contributed by atoms with van der Waals surface area (Å²) >= 11 is 0. The molecular weight excluding hydrogens is 877 g/mol. The number of pyridine rings is 1. The SMILES string of the molecule is CCn1c(-c2cccnc2[C@H](C)OC)c2c3cc(ccc31)-c1cc(O)cc(c1)C[C@H](NC(=O)[C@H](C(C)C)N1CC[C@@]3(CCN(C(=O)[C@H]4CN4)C3)CC1=O)C(=O)N1CCC[C@H](N1)C(=O)OCC(C)(C)C2. The number of likely N-dealkylation sites (tertiary alicyclic amines) is 2. The molecule has 4 aromatic rings. The molecule has 6 bridgehead atoms. The number of phenols is 1. The van der Waals surface area contributed by atoms with Crippen LogP contribution in [0.2, 0.25) is 0 Å². The molecule has 16 nitrogen and oxygen atoms in total. The fraction of sp³-hybridized carbons (Fsp3) is 0.547. The molecule has 69 heavy (non-hydrogen) atoms. The molecule has 16 heteroatoms. The van der Waals surface area contributed by atoms with E-state index in [2.05, 4.69) is 59.6 Å². The highest BCUT2D eigenvalue weighted by molar-refractivity contribution is 5.96. The van der Waals surface area contributed by atoms with E-state index in [1.54, 1.807) is 30.3 Å². The largest absolute Gasteiger partial charge is 0.508 e. The molecular formula is C53H68N8O8. The summed E-state index contributed by atoms with van der Waals surface area (Å²) in [5.41, 5.74) is 9.33. The number of hydrazine groups is 1. The van der Waals surface area contributed by atoms with Gasteiger partial charge in [-0.05, 0) is 111 Å². The number of hydrogen-bond donors (Lipinski definition) is 4. The summed E-state index contributed by atoms with van der Waals surface area (Å²) in [6.45, 7) is 15.3. The molecule has 368 valence electrons. The summed E-state index contributed by atoms with van der Waals surface area (Å²) < 4.78 is 14.3. The first kappa shape index (κ1) is 48.2. The Labute approximate surface area is 404 Å². The van der Waals surface area contributed by atoms with E-state index in [1.807, 2.05) is 43.9 Å². The van der Waals surface area contributed by atoms with E-state index in [-0.39, 0.29) is 60.5 Å². The number of aryl methyl sites for hydroxylation is 1. The summed E-state index contributed by atoms with van der Waals surface area (Å²) in [6.07, 6.45) is 4.67. The van der Waals surface area contributed by atoms with Crippen LogP contribution >= 0.6 is 0 Å². The standard InChI is InChI=1S/C53H68N8O8/c1-8-59-43-14-13-34-25-38(43)39(47(59)37-11-9-17-54-45(37)32(4)68-7)26-52(5,6)30-69-51(67)40-12-10-18-61(57-40)50(66)41(23-33-21-35(34)24-36(62)22-33)56-48(64)46(31(2)3)60-20-16-53(27-44(60)63)15-19-58(29-53)49(65)42-28-55-42/h9,11,13-14,17,21-22,24-25,31-32,40-42,46,55,57,62H,8,10,12,15-16,18-20,23,26-30H2,1-7H3,(H,56,64)/t32-,40-,41-,42+,46-,53-/m0/s1. The van der Waals surface area contributed by atoms with Crippen LogP contribution in [-0.4, -0.2) is 130 Å². The first-order valence-electron chi connectivity index (χ1n) is 24.8. The Morgan fingerprint density at radius 1 is 1.01 bits per heavy atom. The Kier molecular flexibility index (Phi) is 13.4. The van der Waals surface area contributed by atoms with Crippen molar-refractivity contribution in [1.82, 2.24) is 40.4 Å².